The Balaban J connectivity index is 2.31. The highest BCUT2D eigenvalue weighted by atomic mass is 16.4. The number of rotatable bonds is 3. The van der Waals surface area contributed by atoms with Gasteiger partial charge in [0.2, 0.25) is 0 Å². The molecule has 0 radical (unpaired) electrons. The van der Waals surface area contributed by atoms with E-state index in [4.69, 9.17) is 5.11 Å². The quantitative estimate of drug-likeness (QED) is 0.615. The predicted molar refractivity (Wildman–Crippen MR) is 45.1 cm³/mol. The fourth-order valence-electron chi connectivity index (χ4n) is 0.677. The van der Waals surface area contributed by atoms with E-state index in [2.05, 4.69) is 10.1 Å². The minimum absolute atomic E-state index is 0.0541. The number of carboxylic acids is 1. The van der Waals surface area contributed by atoms with Gasteiger partial charge in [0.15, 0.2) is 0 Å². The fourth-order valence-corrected chi connectivity index (χ4v) is 0.677. The second-order valence-corrected chi connectivity index (χ2v) is 2.15. The molecule has 0 aromatic carbocycles. The van der Waals surface area contributed by atoms with Gasteiger partial charge in [-0.2, -0.15) is 5.10 Å². The van der Waals surface area contributed by atoms with Crippen molar-refractivity contribution in [2.75, 3.05) is 6.54 Å². The van der Waals surface area contributed by atoms with Gasteiger partial charge < -0.3 is 5.11 Å². The third kappa shape index (κ3) is 2.96. The first kappa shape index (κ1) is 8.45. The molecular formula is C7H9N3O2. The van der Waals surface area contributed by atoms with Gasteiger partial charge in [0.1, 0.15) is 0 Å². The summed E-state index contributed by atoms with van der Waals surface area (Å²) in [5, 5.41) is 13.8. The van der Waals surface area contributed by atoms with Crippen LogP contribution in [0.3, 0.4) is 0 Å². The minimum atomic E-state index is -0.881. The monoisotopic (exact) mass is 167 g/mol. The molecule has 64 valence electrons. The first-order valence-corrected chi connectivity index (χ1v) is 3.48. The molecule has 0 aromatic rings. The summed E-state index contributed by atoms with van der Waals surface area (Å²) in [6, 6.07) is 0. The van der Waals surface area contributed by atoms with Crippen molar-refractivity contribution in [2.24, 2.45) is 10.1 Å². The van der Waals surface area contributed by atoms with Crippen molar-refractivity contribution in [3.8, 4) is 0 Å². The Kier molecular flexibility index (Phi) is 3.01. The highest BCUT2D eigenvalue weighted by Crippen LogP contribution is 1.94. The number of aliphatic imine (C=N–C) groups is 1. The third-order valence-electron chi connectivity index (χ3n) is 1.19. The lowest BCUT2D eigenvalue weighted by molar-refractivity contribution is -0.135. The topological polar surface area (TPSA) is 65.3 Å². The van der Waals surface area contributed by atoms with Crippen LogP contribution in [0.15, 0.2) is 22.5 Å². The van der Waals surface area contributed by atoms with Crippen molar-refractivity contribution >= 4 is 18.4 Å². The van der Waals surface area contributed by atoms with Crippen LogP contribution in [0.4, 0.5) is 0 Å². The summed E-state index contributed by atoms with van der Waals surface area (Å²) in [5.41, 5.74) is 0. The maximum atomic E-state index is 10.1. The Morgan fingerprint density at radius 1 is 1.83 bits per heavy atom. The standard InChI is InChI=1S/C7H9N3O2/c11-7(12)1-2-9-10-5-3-8-4-6-10/h2-5H,1,6H2,(H,11,12). The van der Waals surface area contributed by atoms with E-state index < -0.39 is 5.97 Å². The largest absolute Gasteiger partial charge is 0.481 e. The number of hydrogen-bond acceptors (Lipinski definition) is 4. The molecule has 0 bridgehead atoms. The van der Waals surface area contributed by atoms with Crippen molar-refractivity contribution in [3.05, 3.63) is 12.4 Å². The predicted octanol–water partition coefficient (Wildman–Crippen LogP) is 0.304. The van der Waals surface area contributed by atoms with Crippen molar-refractivity contribution in [1.82, 2.24) is 5.01 Å². The van der Waals surface area contributed by atoms with Gasteiger partial charge in [0, 0.05) is 24.8 Å². The van der Waals surface area contributed by atoms with Crippen molar-refractivity contribution in [3.63, 3.8) is 0 Å². The molecule has 5 heteroatoms. The summed E-state index contributed by atoms with van der Waals surface area (Å²) >= 11 is 0. The number of carboxylic acid groups (broad SMARTS) is 1. The van der Waals surface area contributed by atoms with Gasteiger partial charge in [-0.05, 0) is 0 Å². The van der Waals surface area contributed by atoms with E-state index >= 15 is 0 Å². The van der Waals surface area contributed by atoms with Crippen LogP contribution in [0, 0.1) is 0 Å². The van der Waals surface area contributed by atoms with Crippen LogP contribution in [-0.4, -0.2) is 35.1 Å². The summed E-state index contributed by atoms with van der Waals surface area (Å²) in [4.78, 5) is 13.9. The van der Waals surface area contributed by atoms with Gasteiger partial charge in [-0.15, -0.1) is 0 Å². The normalized spacial score (nSPS) is 15.8. The lowest BCUT2D eigenvalue weighted by atomic mass is 10.5. The molecule has 0 atom stereocenters. The van der Waals surface area contributed by atoms with E-state index in [1.165, 1.54) is 6.21 Å². The van der Waals surface area contributed by atoms with Crippen LogP contribution in [0.1, 0.15) is 6.42 Å². The second kappa shape index (κ2) is 4.27. The molecule has 0 amide bonds. The van der Waals surface area contributed by atoms with Gasteiger partial charge >= 0.3 is 5.97 Å². The van der Waals surface area contributed by atoms with E-state index in [1.807, 2.05) is 0 Å². The highest BCUT2D eigenvalue weighted by molar-refractivity contribution is 5.84. The molecule has 0 unspecified atom stereocenters. The van der Waals surface area contributed by atoms with Crippen LogP contribution < -0.4 is 0 Å². The summed E-state index contributed by atoms with van der Waals surface area (Å²) in [6.07, 6.45) is 6.27. The average Bonchev–Trinajstić information content (AvgIpc) is 2.05. The number of nitrogens with zero attached hydrogens (tertiary/aromatic N) is 3. The van der Waals surface area contributed by atoms with Gasteiger partial charge in [-0.3, -0.25) is 14.8 Å². The molecule has 5 nitrogen and oxygen atoms in total. The maximum Gasteiger partial charge on any atom is 0.308 e. The van der Waals surface area contributed by atoms with Crippen LogP contribution in [0.2, 0.25) is 0 Å². The molecule has 1 heterocycles. The first-order valence-electron chi connectivity index (χ1n) is 3.48. The molecule has 1 N–H and O–H groups in total. The van der Waals surface area contributed by atoms with Crippen LogP contribution >= 0.6 is 0 Å². The molecular weight excluding hydrogens is 158 g/mol. The SMILES string of the molecule is O=C(O)CC=NN1C=CN=CC1. The van der Waals surface area contributed by atoms with Crippen LogP contribution in [0.5, 0.6) is 0 Å². The Hall–Kier alpha value is -1.65. The maximum absolute atomic E-state index is 10.1. The van der Waals surface area contributed by atoms with E-state index in [0.717, 1.165) is 0 Å². The minimum Gasteiger partial charge on any atom is -0.481 e. The zero-order chi connectivity index (χ0) is 8.81. The fraction of sp³-hybridized carbons (Fsp3) is 0.286. The van der Waals surface area contributed by atoms with E-state index in [0.29, 0.717) is 6.54 Å². The zero-order valence-electron chi connectivity index (χ0n) is 6.42. The van der Waals surface area contributed by atoms with Gasteiger partial charge in [-0.1, -0.05) is 0 Å². The molecule has 1 aliphatic heterocycles. The van der Waals surface area contributed by atoms with Gasteiger partial charge in [0.25, 0.3) is 0 Å². The Labute approximate surface area is 69.7 Å². The molecule has 0 fully saturated rings. The summed E-state index contributed by atoms with van der Waals surface area (Å²) < 4.78 is 0. The third-order valence-corrected chi connectivity index (χ3v) is 1.19. The summed E-state index contributed by atoms with van der Waals surface area (Å²) in [5.74, 6) is -0.881. The molecule has 0 saturated heterocycles. The molecule has 1 aliphatic rings. The Morgan fingerprint density at radius 2 is 2.67 bits per heavy atom. The number of carbonyl (C=O) groups is 1. The number of hydrogen-bond donors (Lipinski definition) is 1. The smallest absolute Gasteiger partial charge is 0.308 e. The molecule has 0 saturated carbocycles. The van der Waals surface area contributed by atoms with Crippen molar-refractivity contribution < 1.29 is 9.90 Å². The lowest BCUT2D eigenvalue weighted by Gasteiger charge is -2.11. The van der Waals surface area contributed by atoms with E-state index in [1.54, 1.807) is 23.6 Å². The van der Waals surface area contributed by atoms with Crippen LogP contribution in [0.25, 0.3) is 0 Å². The van der Waals surface area contributed by atoms with Crippen LogP contribution in [-0.2, 0) is 4.79 Å². The lowest BCUT2D eigenvalue weighted by Crippen LogP contribution is -2.15. The highest BCUT2D eigenvalue weighted by Gasteiger charge is 1.96. The number of aliphatic carboxylic acids is 1. The molecule has 0 spiro atoms. The number of hydrazone groups is 1. The first-order chi connectivity index (χ1) is 5.79. The molecule has 0 aliphatic carbocycles. The zero-order valence-corrected chi connectivity index (χ0v) is 6.42. The Morgan fingerprint density at radius 3 is 3.25 bits per heavy atom. The average molecular weight is 167 g/mol. The van der Waals surface area contributed by atoms with Crippen molar-refractivity contribution in [2.45, 2.75) is 6.42 Å². The molecule has 0 aromatic heterocycles. The van der Waals surface area contributed by atoms with Crippen molar-refractivity contribution in [1.29, 1.82) is 0 Å². The molecule has 1 rings (SSSR count). The Bertz CT molecular complexity index is 245. The van der Waals surface area contributed by atoms with E-state index in [9.17, 15) is 4.79 Å². The molecule has 12 heavy (non-hydrogen) atoms. The summed E-state index contributed by atoms with van der Waals surface area (Å²) in [6.45, 7) is 0.590. The second-order valence-electron chi connectivity index (χ2n) is 2.15. The van der Waals surface area contributed by atoms with Gasteiger partial charge in [-0.25, -0.2) is 0 Å². The van der Waals surface area contributed by atoms with E-state index in [-0.39, 0.29) is 6.42 Å². The van der Waals surface area contributed by atoms with Gasteiger partial charge in [0.05, 0.1) is 13.0 Å². The summed E-state index contributed by atoms with van der Waals surface area (Å²) in [7, 11) is 0.